The molecule has 0 radical (unpaired) electrons. The van der Waals surface area contributed by atoms with Gasteiger partial charge >= 0.3 is 39.5 Å². The van der Waals surface area contributed by atoms with E-state index in [2.05, 4.69) is 48.5 Å². The quantitative estimate of drug-likeness (QED) is 0.0222. The first-order valence-corrected chi connectivity index (χ1v) is 46.8. The molecule has 5 atom stereocenters. The number of aliphatic hydroxyl groups excluding tert-OH is 1. The third-order valence-corrected chi connectivity index (χ3v) is 21.8. The normalized spacial score (nSPS) is 13.9. The van der Waals surface area contributed by atoms with Crippen LogP contribution in [-0.2, 0) is 65.4 Å². The van der Waals surface area contributed by atoms with Crippen molar-refractivity contribution < 1.29 is 80.2 Å². The van der Waals surface area contributed by atoms with Crippen molar-refractivity contribution in [2.45, 2.75) is 465 Å². The van der Waals surface area contributed by atoms with Gasteiger partial charge in [0.15, 0.2) is 12.2 Å². The molecule has 0 heterocycles. The van der Waals surface area contributed by atoms with Crippen LogP contribution >= 0.6 is 15.6 Å². The molecule has 0 spiro atoms. The molecule has 0 aliphatic rings. The number of carbonyl (C=O) groups excluding carboxylic acids is 4. The molecule has 0 amide bonds. The van der Waals surface area contributed by atoms with Crippen LogP contribution in [0.1, 0.15) is 447 Å². The summed E-state index contributed by atoms with van der Waals surface area (Å²) in [5, 5.41) is 10.7. The number of phosphoric acid groups is 2. The van der Waals surface area contributed by atoms with Gasteiger partial charge in [-0.3, -0.25) is 37.3 Å². The maximum atomic E-state index is 13.1. The van der Waals surface area contributed by atoms with Gasteiger partial charge in [0.2, 0.25) is 0 Å². The van der Waals surface area contributed by atoms with E-state index in [0.29, 0.717) is 25.7 Å². The van der Waals surface area contributed by atoms with Crippen LogP contribution in [0.15, 0.2) is 0 Å². The highest BCUT2D eigenvalue weighted by Crippen LogP contribution is 2.45. The molecule has 19 heteroatoms. The molecule has 2 unspecified atom stereocenters. The van der Waals surface area contributed by atoms with E-state index < -0.39 is 97.5 Å². The molecular formula is C85H166O17P2. The van der Waals surface area contributed by atoms with Crippen LogP contribution in [0.5, 0.6) is 0 Å². The SMILES string of the molecule is CCCCCCCCCCCCCCCCCCCCC(=O)OC[C@H](COP(=O)(O)OC[C@@H](O)COP(=O)(O)OC[C@@H](COC(=O)CCCCCCCCCCCC(C)C)OC(=O)CCCCCCCCCCCCCCCC(C)C)OC(=O)CCCCCCCCCCCCCCCCCC(C)C. The molecular weight excluding hydrogens is 1350 g/mol. The second kappa shape index (κ2) is 75.1. The summed E-state index contributed by atoms with van der Waals surface area (Å²) in [5.74, 6) is 0.228. The molecule has 0 aromatic carbocycles. The zero-order valence-corrected chi connectivity index (χ0v) is 70.3. The van der Waals surface area contributed by atoms with Crippen molar-refractivity contribution in [3.63, 3.8) is 0 Å². The summed E-state index contributed by atoms with van der Waals surface area (Å²) >= 11 is 0. The fraction of sp³-hybridized carbons (Fsp3) is 0.953. The summed E-state index contributed by atoms with van der Waals surface area (Å²) in [6.45, 7) is 12.0. The molecule has 0 aliphatic heterocycles. The van der Waals surface area contributed by atoms with Gasteiger partial charge in [-0.1, -0.05) is 395 Å². The Balaban J connectivity index is 5.26. The maximum Gasteiger partial charge on any atom is 0.472 e. The summed E-state index contributed by atoms with van der Waals surface area (Å²) in [7, 11) is -9.93. The van der Waals surface area contributed by atoms with Gasteiger partial charge in [0.25, 0.3) is 0 Å². The molecule has 17 nitrogen and oxygen atoms in total. The fourth-order valence-corrected chi connectivity index (χ4v) is 14.8. The third-order valence-electron chi connectivity index (χ3n) is 19.9. The second-order valence-corrected chi connectivity index (χ2v) is 34.9. The highest BCUT2D eigenvalue weighted by Gasteiger charge is 2.30. The van der Waals surface area contributed by atoms with Gasteiger partial charge < -0.3 is 33.8 Å². The molecule has 0 aromatic heterocycles. The number of esters is 4. The Labute approximate surface area is 638 Å². The Morgan fingerprint density at radius 1 is 0.260 bits per heavy atom. The van der Waals surface area contributed by atoms with Crippen LogP contribution in [0.4, 0.5) is 0 Å². The monoisotopic (exact) mass is 1520 g/mol. The topological polar surface area (TPSA) is 237 Å². The number of aliphatic hydroxyl groups is 1. The van der Waals surface area contributed by atoms with Gasteiger partial charge in [-0.2, -0.15) is 0 Å². The van der Waals surface area contributed by atoms with Gasteiger partial charge in [-0.15, -0.1) is 0 Å². The molecule has 0 saturated carbocycles. The van der Waals surface area contributed by atoms with E-state index in [9.17, 15) is 43.2 Å². The van der Waals surface area contributed by atoms with Crippen molar-refractivity contribution in [2.24, 2.45) is 17.8 Å². The smallest absolute Gasteiger partial charge is 0.462 e. The number of ether oxygens (including phenoxy) is 4. The van der Waals surface area contributed by atoms with Crippen molar-refractivity contribution in [3.8, 4) is 0 Å². The lowest BCUT2D eigenvalue weighted by molar-refractivity contribution is -0.161. The summed E-state index contributed by atoms with van der Waals surface area (Å²) in [5.41, 5.74) is 0. The summed E-state index contributed by atoms with van der Waals surface area (Å²) in [6.07, 6.45) is 65.2. The van der Waals surface area contributed by atoms with Crippen molar-refractivity contribution in [1.82, 2.24) is 0 Å². The Morgan fingerprint density at radius 3 is 0.654 bits per heavy atom. The number of hydrogen-bond donors (Lipinski definition) is 3. The lowest BCUT2D eigenvalue weighted by atomic mass is 10.0. The standard InChI is InChI=1S/C85H166O17P2/c1-8-9-10-11-12-13-14-15-16-17-18-21-26-31-38-45-52-59-66-82(87)95-72-80(101-84(89)68-61-54-47-39-32-27-22-19-20-24-29-35-42-49-56-63-76(2)3)74-99-103(91,92)97-70-79(86)71-98-104(93,94)100-75-81(73-96-83(88)67-60-53-46-41-34-37-44-51-58-65-78(6)7)102-85(90)69-62-55-48-40-33-28-23-25-30-36-43-50-57-64-77(4)5/h76-81,86H,8-75H2,1-7H3,(H,91,92)(H,93,94)/t79-,80-,81-/m1/s1. The molecule has 0 rings (SSSR count). The molecule has 0 aromatic rings. The number of unbranched alkanes of at least 4 members (excludes halogenated alkanes) is 51. The first-order chi connectivity index (χ1) is 50.2. The van der Waals surface area contributed by atoms with Crippen molar-refractivity contribution in [1.29, 1.82) is 0 Å². The summed E-state index contributed by atoms with van der Waals surface area (Å²) in [6, 6.07) is 0. The van der Waals surface area contributed by atoms with Gasteiger partial charge in [0.1, 0.15) is 19.3 Å². The van der Waals surface area contributed by atoms with Crippen molar-refractivity contribution >= 4 is 39.5 Å². The van der Waals surface area contributed by atoms with Crippen LogP contribution < -0.4 is 0 Å². The molecule has 3 N–H and O–H groups in total. The van der Waals surface area contributed by atoms with Gasteiger partial charge in [-0.05, 0) is 43.4 Å². The van der Waals surface area contributed by atoms with Crippen LogP contribution in [-0.4, -0.2) is 96.7 Å². The molecule has 0 bridgehead atoms. The Bertz CT molecular complexity index is 2010. The van der Waals surface area contributed by atoms with Crippen LogP contribution in [0.25, 0.3) is 0 Å². The minimum absolute atomic E-state index is 0.107. The maximum absolute atomic E-state index is 13.1. The predicted molar refractivity (Wildman–Crippen MR) is 428 cm³/mol. The van der Waals surface area contributed by atoms with E-state index in [0.717, 1.165) is 108 Å². The zero-order chi connectivity index (χ0) is 76.5. The second-order valence-electron chi connectivity index (χ2n) is 32.0. The summed E-state index contributed by atoms with van der Waals surface area (Å²) in [4.78, 5) is 73.2. The average molecular weight is 1520 g/mol. The average Bonchev–Trinajstić information content (AvgIpc) is 0.969. The first-order valence-electron chi connectivity index (χ1n) is 43.8. The number of rotatable bonds is 83. The molecule has 104 heavy (non-hydrogen) atoms. The molecule has 618 valence electrons. The van der Waals surface area contributed by atoms with Crippen LogP contribution in [0.2, 0.25) is 0 Å². The zero-order valence-electron chi connectivity index (χ0n) is 68.5. The largest absolute Gasteiger partial charge is 0.472 e. The summed E-state index contributed by atoms with van der Waals surface area (Å²) < 4.78 is 68.9. The highest BCUT2D eigenvalue weighted by molar-refractivity contribution is 7.47. The minimum atomic E-state index is -4.97. The van der Waals surface area contributed by atoms with E-state index in [1.165, 1.54) is 257 Å². The molecule has 0 saturated heterocycles. The van der Waals surface area contributed by atoms with Crippen molar-refractivity contribution in [3.05, 3.63) is 0 Å². The van der Waals surface area contributed by atoms with Crippen molar-refractivity contribution in [2.75, 3.05) is 39.6 Å². The lowest BCUT2D eigenvalue weighted by Gasteiger charge is -2.21. The van der Waals surface area contributed by atoms with E-state index in [1.54, 1.807) is 0 Å². The Kier molecular flexibility index (Phi) is 73.7. The van der Waals surface area contributed by atoms with Gasteiger partial charge in [-0.25, -0.2) is 9.13 Å². The Hall–Kier alpha value is -1.94. The molecule has 0 aliphatic carbocycles. The van der Waals surface area contributed by atoms with E-state index in [4.69, 9.17) is 37.0 Å². The minimum Gasteiger partial charge on any atom is -0.462 e. The van der Waals surface area contributed by atoms with Crippen LogP contribution in [0, 0.1) is 17.8 Å². The van der Waals surface area contributed by atoms with E-state index >= 15 is 0 Å². The number of hydrogen-bond acceptors (Lipinski definition) is 15. The lowest BCUT2D eigenvalue weighted by Crippen LogP contribution is -2.30. The number of carbonyl (C=O) groups is 4. The fourth-order valence-electron chi connectivity index (χ4n) is 13.2. The first kappa shape index (κ1) is 102. The molecule has 0 fully saturated rings. The number of phosphoric ester groups is 2. The Morgan fingerprint density at radius 2 is 0.442 bits per heavy atom. The van der Waals surface area contributed by atoms with E-state index in [-0.39, 0.29) is 25.7 Å². The predicted octanol–water partition coefficient (Wildman–Crippen LogP) is 25.7. The van der Waals surface area contributed by atoms with E-state index in [1.807, 2.05) is 0 Å². The van der Waals surface area contributed by atoms with Crippen LogP contribution in [0.3, 0.4) is 0 Å². The highest BCUT2D eigenvalue weighted by atomic mass is 31.2. The van der Waals surface area contributed by atoms with Gasteiger partial charge in [0.05, 0.1) is 26.4 Å². The van der Waals surface area contributed by atoms with Gasteiger partial charge in [0, 0.05) is 25.7 Å². The third kappa shape index (κ3) is 78.2.